The van der Waals surface area contributed by atoms with Gasteiger partial charge in [0.05, 0.1) is 6.54 Å². The predicted octanol–water partition coefficient (Wildman–Crippen LogP) is 1.52. The molecule has 6 nitrogen and oxygen atoms in total. The van der Waals surface area contributed by atoms with Crippen molar-refractivity contribution in [2.75, 3.05) is 37.3 Å². The smallest absolute Gasteiger partial charge is 0.191 e. The van der Waals surface area contributed by atoms with Crippen LogP contribution in [0.1, 0.15) is 5.56 Å². The molecular weight excluding hydrogens is 342 g/mol. The number of rotatable bonds is 4. The summed E-state index contributed by atoms with van der Waals surface area (Å²) in [5, 5.41) is 3.07. The van der Waals surface area contributed by atoms with Crippen LogP contribution >= 0.6 is 11.3 Å². The number of piperazine rings is 1. The Balaban J connectivity index is 1.54. The van der Waals surface area contributed by atoms with Crippen LogP contribution in [0.2, 0.25) is 0 Å². The molecule has 0 spiro atoms. The number of anilines is 1. The van der Waals surface area contributed by atoms with Crippen molar-refractivity contribution in [2.45, 2.75) is 11.4 Å². The van der Waals surface area contributed by atoms with Crippen LogP contribution in [0.3, 0.4) is 0 Å². The Morgan fingerprint density at radius 3 is 2.58 bits per heavy atom. The van der Waals surface area contributed by atoms with Crippen LogP contribution in [0.25, 0.3) is 0 Å². The summed E-state index contributed by atoms with van der Waals surface area (Å²) in [7, 11) is -0.948. The van der Waals surface area contributed by atoms with Crippen LogP contribution < -0.4 is 10.6 Å². The van der Waals surface area contributed by atoms with Gasteiger partial charge in [-0.1, -0.05) is 12.1 Å². The Kier molecular flexibility index (Phi) is 5.47. The van der Waals surface area contributed by atoms with Gasteiger partial charge in [0.25, 0.3) is 0 Å². The Bertz CT molecular complexity index is 707. The second-order valence-electron chi connectivity index (χ2n) is 5.56. The minimum atomic E-state index is -0.948. The maximum Gasteiger partial charge on any atom is 0.191 e. The number of aliphatic imine (C=N–C) groups is 1. The first-order valence-electron chi connectivity index (χ1n) is 7.75. The van der Waals surface area contributed by atoms with Crippen molar-refractivity contribution in [2.24, 2.45) is 10.7 Å². The maximum absolute atomic E-state index is 11.4. The lowest BCUT2D eigenvalue weighted by atomic mass is 10.2. The van der Waals surface area contributed by atoms with E-state index in [-0.39, 0.29) is 0 Å². The van der Waals surface area contributed by atoms with Crippen molar-refractivity contribution in [3.8, 4) is 0 Å². The first kappa shape index (κ1) is 16.9. The predicted molar refractivity (Wildman–Crippen MR) is 100 cm³/mol. The SMILES string of the molecule is CS(=O)c1ccc(CN=C(N)N2CCN(c3nccs3)CC2)cc1. The summed E-state index contributed by atoms with van der Waals surface area (Å²) in [6, 6.07) is 7.66. The van der Waals surface area contributed by atoms with Gasteiger partial charge in [-0.05, 0) is 17.7 Å². The lowest BCUT2D eigenvalue weighted by Gasteiger charge is -2.35. The molecule has 2 aromatic rings. The van der Waals surface area contributed by atoms with E-state index in [9.17, 15) is 4.21 Å². The van der Waals surface area contributed by atoms with E-state index in [1.807, 2.05) is 35.8 Å². The van der Waals surface area contributed by atoms with Gasteiger partial charge < -0.3 is 15.5 Å². The minimum Gasteiger partial charge on any atom is -0.370 e. The van der Waals surface area contributed by atoms with Crippen LogP contribution in [-0.2, 0) is 17.3 Å². The molecule has 1 aliphatic heterocycles. The Morgan fingerprint density at radius 1 is 1.29 bits per heavy atom. The normalized spacial score (nSPS) is 17.1. The third kappa shape index (κ3) is 4.12. The zero-order valence-corrected chi connectivity index (χ0v) is 15.2. The molecule has 0 bridgehead atoms. The number of aromatic nitrogens is 1. The van der Waals surface area contributed by atoms with E-state index in [1.165, 1.54) is 0 Å². The average Bonchev–Trinajstić information content (AvgIpc) is 3.15. The molecule has 0 radical (unpaired) electrons. The summed E-state index contributed by atoms with van der Waals surface area (Å²) in [5.74, 6) is 0.580. The van der Waals surface area contributed by atoms with E-state index < -0.39 is 10.8 Å². The van der Waals surface area contributed by atoms with Crippen LogP contribution in [-0.4, -0.2) is 52.5 Å². The molecule has 0 aliphatic carbocycles. The van der Waals surface area contributed by atoms with Gasteiger partial charge in [0.15, 0.2) is 11.1 Å². The molecule has 8 heteroatoms. The molecule has 1 unspecified atom stereocenters. The molecule has 1 atom stereocenters. The first-order chi connectivity index (χ1) is 11.6. The average molecular weight is 364 g/mol. The van der Waals surface area contributed by atoms with Gasteiger partial charge in [0.2, 0.25) is 0 Å². The van der Waals surface area contributed by atoms with Crippen molar-refractivity contribution >= 4 is 33.2 Å². The van der Waals surface area contributed by atoms with Crippen molar-refractivity contribution < 1.29 is 4.21 Å². The highest BCUT2D eigenvalue weighted by Gasteiger charge is 2.19. The number of hydrogen-bond acceptors (Lipinski definition) is 5. The van der Waals surface area contributed by atoms with Crippen LogP contribution in [0.4, 0.5) is 5.13 Å². The Labute approximate surface area is 148 Å². The summed E-state index contributed by atoms with van der Waals surface area (Å²) in [4.78, 5) is 14.1. The Hall–Kier alpha value is -1.93. The number of guanidine groups is 1. The largest absolute Gasteiger partial charge is 0.370 e. The lowest BCUT2D eigenvalue weighted by molar-refractivity contribution is 0.380. The van der Waals surface area contributed by atoms with Gasteiger partial charge in [-0.15, -0.1) is 11.3 Å². The molecule has 128 valence electrons. The molecule has 2 N–H and O–H groups in total. The van der Waals surface area contributed by atoms with Gasteiger partial charge >= 0.3 is 0 Å². The highest BCUT2D eigenvalue weighted by molar-refractivity contribution is 7.84. The van der Waals surface area contributed by atoms with Gasteiger partial charge in [0.1, 0.15) is 0 Å². The standard InChI is InChI=1S/C16H21N5OS2/c1-24(22)14-4-2-13(3-5-14)12-19-15(17)20-7-9-21(10-8-20)16-18-6-11-23-16/h2-6,11H,7-10,12H2,1H3,(H2,17,19). The maximum atomic E-state index is 11.4. The third-order valence-electron chi connectivity index (χ3n) is 3.97. The molecule has 0 saturated carbocycles. The summed E-state index contributed by atoms with van der Waals surface area (Å²) in [5.41, 5.74) is 7.20. The van der Waals surface area contributed by atoms with E-state index in [0.717, 1.165) is 41.8 Å². The number of hydrogen-bond donors (Lipinski definition) is 1. The van der Waals surface area contributed by atoms with E-state index in [2.05, 4.69) is 19.8 Å². The molecule has 3 rings (SSSR count). The molecule has 1 aromatic heterocycles. The van der Waals surface area contributed by atoms with E-state index in [1.54, 1.807) is 17.6 Å². The van der Waals surface area contributed by atoms with Crippen molar-refractivity contribution in [1.82, 2.24) is 9.88 Å². The minimum absolute atomic E-state index is 0.537. The van der Waals surface area contributed by atoms with E-state index >= 15 is 0 Å². The zero-order valence-electron chi connectivity index (χ0n) is 13.6. The molecule has 1 saturated heterocycles. The quantitative estimate of drug-likeness (QED) is 0.658. The Morgan fingerprint density at radius 2 is 2.00 bits per heavy atom. The van der Waals surface area contributed by atoms with E-state index in [0.29, 0.717) is 12.5 Å². The molecule has 0 amide bonds. The molecule has 1 aromatic carbocycles. The second kappa shape index (κ2) is 7.76. The van der Waals surface area contributed by atoms with Crippen molar-refractivity contribution in [1.29, 1.82) is 0 Å². The highest BCUT2D eigenvalue weighted by Crippen LogP contribution is 2.18. The van der Waals surface area contributed by atoms with Gasteiger partial charge in [-0.2, -0.15) is 0 Å². The summed E-state index contributed by atoms with van der Waals surface area (Å²) in [6.07, 6.45) is 3.51. The number of benzene rings is 1. The van der Waals surface area contributed by atoms with Crippen LogP contribution in [0.5, 0.6) is 0 Å². The topological polar surface area (TPSA) is 74.8 Å². The summed E-state index contributed by atoms with van der Waals surface area (Å²) in [6.45, 7) is 4.04. The molecule has 24 heavy (non-hydrogen) atoms. The fourth-order valence-corrected chi connectivity index (χ4v) is 3.77. The fraction of sp³-hybridized carbons (Fsp3) is 0.375. The van der Waals surface area contributed by atoms with Gasteiger partial charge in [-0.3, -0.25) is 4.21 Å². The number of nitrogens with zero attached hydrogens (tertiary/aromatic N) is 4. The van der Waals surface area contributed by atoms with E-state index in [4.69, 9.17) is 5.73 Å². The second-order valence-corrected chi connectivity index (χ2v) is 7.81. The molecule has 2 heterocycles. The third-order valence-corrected chi connectivity index (χ3v) is 5.74. The van der Waals surface area contributed by atoms with Gasteiger partial charge in [-0.25, -0.2) is 9.98 Å². The molecule has 1 aliphatic rings. The summed E-state index contributed by atoms with van der Waals surface area (Å²) >= 11 is 1.66. The zero-order chi connectivity index (χ0) is 16.9. The molecular formula is C16H21N5OS2. The van der Waals surface area contributed by atoms with Crippen molar-refractivity contribution in [3.63, 3.8) is 0 Å². The first-order valence-corrected chi connectivity index (χ1v) is 10.2. The highest BCUT2D eigenvalue weighted by atomic mass is 32.2. The number of nitrogens with two attached hydrogens (primary N) is 1. The van der Waals surface area contributed by atoms with Gasteiger partial charge in [0, 0.05) is 59.7 Å². The van der Waals surface area contributed by atoms with Crippen LogP contribution in [0.15, 0.2) is 45.7 Å². The monoisotopic (exact) mass is 363 g/mol. The van der Waals surface area contributed by atoms with Crippen molar-refractivity contribution in [3.05, 3.63) is 41.4 Å². The summed E-state index contributed by atoms with van der Waals surface area (Å²) < 4.78 is 11.4. The molecule has 1 fully saturated rings. The number of thiazole rings is 1. The fourth-order valence-electron chi connectivity index (χ4n) is 2.56. The lowest BCUT2D eigenvalue weighted by Crippen LogP contribution is -2.51. The van der Waals surface area contributed by atoms with Crippen LogP contribution in [0, 0.1) is 0 Å².